The summed E-state index contributed by atoms with van der Waals surface area (Å²) in [5.41, 5.74) is 2.00. The SMILES string of the molecule is Cc1c(F)cccc1CN1CCC2(CCC(=O)N(C[C@@H](C)O)C2)CC1. The molecule has 1 amide bonds. The molecule has 2 fully saturated rings. The minimum Gasteiger partial charge on any atom is -0.392 e. The lowest BCUT2D eigenvalue weighted by Crippen LogP contribution is -2.52. The zero-order chi connectivity index (χ0) is 18.0. The van der Waals surface area contributed by atoms with Gasteiger partial charge in [0, 0.05) is 26.1 Å². The van der Waals surface area contributed by atoms with Gasteiger partial charge in [0.1, 0.15) is 5.82 Å². The maximum Gasteiger partial charge on any atom is 0.222 e. The number of piperidine rings is 2. The highest BCUT2D eigenvalue weighted by Gasteiger charge is 2.41. The normalized spacial score (nSPS) is 22.4. The number of β-amino-alcohol motifs (C(OH)–C–C–N with tert-alkyl or cyclic N) is 1. The zero-order valence-corrected chi connectivity index (χ0v) is 15.3. The molecule has 1 N–H and O–H groups in total. The fourth-order valence-electron chi connectivity index (χ4n) is 4.25. The predicted octanol–water partition coefficient (Wildman–Crippen LogP) is 2.72. The van der Waals surface area contributed by atoms with Gasteiger partial charge in [-0.1, -0.05) is 12.1 Å². The topological polar surface area (TPSA) is 43.8 Å². The van der Waals surface area contributed by atoms with E-state index in [-0.39, 0.29) is 17.1 Å². The summed E-state index contributed by atoms with van der Waals surface area (Å²) in [5, 5.41) is 9.63. The molecule has 4 nitrogen and oxygen atoms in total. The van der Waals surface area contributed by atoms with Crippen molar-refractivity contribution in [1.29, 1.82) is 0 Å². The average molecular weight is 348 g/mol. The molecule has 1 spiro atoms. The highest BCUT2D eigenvalue weighted by molar-refractivity contribution is 5.77. The fraction of sp³-hybridized carbons (Fsp3) is 0.650. The van der Waals surface area contributed by atoms with Gasteiger partial charge < -0.3 is 10.0 Å². The van der Waals surface area contributed by atoms with Gasteiger partial charge in [-0.25, -0.2) is 4.39 Å². The van der Waals surface area contributed by atoms with Crippen LogP contribution in [0.2, 0.25) is 0 Å². The minimum atomic E-state index is -0.477. The molecule has 0 aromatic heterocycles. The molecule has 1 aromatic rings. The van der Waals surface area contributed by atoms with Crippen molar-refractivity contribution in [3.8, 4) is 0 Å². The van der Waals surface area contributed by atoms with Gasteiger partial charge in [0.2, 0.25) is 5.91 Å². The number of amides is 1. The van der Waals surface area contributed by atoms with Crippen LogP contribution in [-0.2, 0) is 11.3 Å². The Bertz CT molecular complexity index is 624. The van der Waals surface area contributed by atoms with Gasteiger partial charge in [-0.05, 0) is 68.8 Å². The Morgan fingerprint density at radius 3 is 2.68 bits per heavy atom. The van der Waals surface area contributed by atoms with Crippen LogP contribution < -0.4 is 0 Å². The lowest BCUT2D eigenvalue weighted by atomic mass is 9.72. The second-order valence-electron chi connectivity index (χ2n) is 7.92. The van der Waals surface area contributed by atoms with E-state index in [4.69, 9.17) is 0 Å². The minimum absolute atomic E-state index is 0.134. The lowest BCUT2D eigenvalue weighted by Gasteiger charge is -2.47. The predicted molar refractivity (Wildman–Crippen MR) is 95.6 cm³/mol. The second-order valence-corrected chi connectivity index (χ2v) is 7.92. The summed E-state index contributed by atoms with van der Waals surface area (Å²) in [6.45, 7) is 7.53. The van der Waals surface area contributed by atoms with E-state index in [0.29, 0.717) is 13.0 Å². The Hall–Kier alpha value is -1.46. The first-order chi connectivity index (χ1) is 11.9. The van der Waals surface area contributed by atoms with Gasteiger partial charge >= 0.3 is 0 Å². The number of rotatable bonds is 4. The molecule has 0 bridgehead atoms. The number of likely N-dealkylation sites (tertiary alicyclic amines) is 2. The second kappa shape index (κ2) is 7.42. The Morgan fingerprint density at radius 2 is 2.00 bits per heavy atom. The van der Waals surface area contributed by atoms with Gasteiger partial charge in [-0.15, -0.1) is 0 Å². The monoisotopic (exact) mass is 348 g/mol. The van der Waals surface area contributed by atoms with E-state index in [1.54, 1.807) is 13.0 Å². The molecule has 5 heteroatoms. The van der Waals surface area contributed by atoms with Gasteiger partial charge in [-0.2, -0.15) is 0 Å². The third-order valence-corrected chi connectivity index (χ3v) is 5.92. The number of carbonyl (C=O) groups excluding carboxylic acids is 1. The van der Waals surface area contributed by atoms with Crippen molar-refractivity contribution in [3.05, 3.63) is 35.1 Å². The van der Waals surface area contributed by atoms with Crippen LogP contribution in [0.1, 0.15) is 43.7 Å². The van der Waals surface area contributed by atoms with Crippen LogP contribution >= 0.6 is 0 Å². The summed E-state index contributed by atoms with van der Waals surface area (Å²) in [6, 6.07) is 5.30. The van der Waals surface area contributed by atoms with Crippen LogP contribution in [0.15, 0.2) is 18.2 Å². The van der Waals surface area contributed by atoms with E-state index in [2.05, 4.69) is 4.90 Å². The summed E-state index contributed by atoms with van der Waals surface area (Å²) in [6.07, 6.45) is 3.19. The number of benzene rings is 1. The maximum atomic E-state index is 13.7. The number of aliphatic hydroxyl groups excluding tert-OH is 1. The summed E-state index contributed by atoms with van der Waals surface area (Å²) < 4.78 is 13.7. The molecule has 2 heterocycles. The molecule has 2 saturated heterocycles. The van der Waals surface area contributed by atoms with Crippen molar-refractivity contribution >= 4 is 5.91 Å². The number of hydrogen-bond acceptors (Lipinski definition) is 3. The molecule has 0 radical (unpaired) electrons. The maximum absolute atomic E-state index is 13.7. The molecule has 1 atom stereocenters. The van der Waals surface area contributed by atoms with Crippen LogP contribution in [0, 0.1) is 18.2 Å². The van der Waals surface area contributed by atoms with Crippen molar-refractivity contribution in [2.45, 2.75) is 52.2 Å². The summed E-state index contributed by atoms with van der Waals surface area (Å²) >= 11 is 0. The Balaban J connectivity index is 1.59. The van der Waals surface area contributed by atoms with Crippen LogP contribution in [-0.4, -0.2) is 53.1 Å². The number of nitrogens with zero attached hydrogens (tertiary/aromatic N) is 2. The molecule has 2 aliphatic rings. The van der Waals surface area contributed by atoms with E-state index < -0.39 is 6.10 Å². The number of halogens is 1. The third kappa shape index (κ3) is 4.21. The van der Waals surface area contributed by atoms with Crippen LogP contribution in [0.3, 0.4) is 0 Å². The van der Waals surface area contributed by atoms with Crippen molar-refractivity contribution in [3.63, 3.8) is 0 Å². The number of aliphatic hydroxyl groups is 1. The molecule has 0 aliphatic carbocycles. The van der Waals surface area contributed by atoms with Crippen LogP contribution in [0.25, 0.3) is 0 Å². The van der Waals surface area contributed by atoms with Crippen LogP contribution in [0.5, 0.6) is 0 Å². The van der Waals surface area contributed by atoms with Gasteiger partial charge in [0.05, 0.1) is 6.10 Å². The summed E-state index contributed by atoms with van der Waals surface area (Å²) in [7, 11) is 0. The largest absolute Gasteiger partial charge is 0.392 e. The van der Waals surface area contributed by atoms with E-state index >= 15 is 0 Å². The number of carbonyl (C=O) groups is 1. The first-order valence-corrected chi connectivity index (χ1v) is 9.31. The summed E-state index contributed by atoms with van der Waals surface area (Å²) in [4.78, 5) is 16.3. The first kappa shape index (κ1) is 18.3. The average Bonchev–Trinajstić information content (AvgIpc) is 2.57. The molecule has 3 rings (SSSR count). The smallest absolute Gasteiger partial charge is 0.222 e. The standard InChI is InChI=1S/C20H29FN2O2/c1-15(24)12-23-14-20(7-6-19(23)25)8-10-22(11-9-20)13-17-4-3-5-18(21)16(17)2/h3-5,15,24H,6-14H2,1-2H3/t15-/m1/s1. The Labute approximate surface area is 149 Å². The van der Waals surface area contributed by atoms with Crippen molar-refractivity contribution in [2.24, 2.45) is 5.41 Å². The zero-order valence-electron chi connectivity index (χ0n) is 15.3. The van der Waals surface area contributed by atoms with Crippen molar-refractivity contribution in [1.82, 2.24) is 9.80 Å². The lowest BCUT2D eigenvalue weighted by molar-refractivity contribution is -0.140. The highest BCUT2D eigenvalue weighted by Crippen LogP contribution is 2.40. The van der Waals surface area contributed by atoms with Gasteiger partial charge in [-0.3, -0.25) is 9.69 Å². The molecule has 0 saturated carbocycles. The summed E-state index contributed by atoms with van der Waals surface area (Å²) in [5.74, 6) is 0.0369. The molecule has 138 valence electrons. The Kier molecular flexibility index (Phi) is 5.44. The molecular weight excluding hydrogens is 319 g/mol. The first-order valence-electron chi connectivity index (χ1n) is 9.31. The Morgan fingerprint density at radius 1 is 1.28 bits per heavy atom. The van der Waals surface area contributed by atoms with Crippen molar-refractivity contribution in [2.75, 3.05) is 26.2 Å². The quantitative estimate of drug-likeness (QED) is 0.910. The number of hydrogen-bond donors (Lipinski definition) is 1. The van der Waals surface area contributed by atoms with Crippen LogP contribution in [0.4, 0.5) is 4.39 Å². The molecule has 1 aromatic carbocycles. The van der Waals surface area contributed by atoms with Gasteiger partial charge in [0.25, 0.3) is 0 Å². The van der Waals surface area contributed by atoms with E-state index in [1.165, 1.54) is 6.07 Å². The van der Waals surface area contributed by atoms with Crippen molar-refractivity contribution < 1.29 is 14.3 Å². The van der Waals surface area contributed by atoms with E-state index in [9.17, 15) is 14.3 Å². The molecule has 25 heavy (non-hydrogen) atoms. The van der Waals surface area contributed by atoms with E-state index in [1.807, 2.05) is 17.9 Å². The van der Waals surface area contributed by atoms with Gasteiger partial charge in [0.15, 0.2) is 0 Å². The highest BCUT2D eigenvalue weighted by atomic mass is 19.1. The molecular formula is C20H29FN2O2. The fourth-order valence-corrected chi connectivity index (χ4v) is 4.25. The molecule has 2 aliphatic heterocycles. The molecule has 0 unspecified atom stereocenters. The third-order valence-electron chi connectivity index (χ3n) is 5.92. The van der Waals surface area contributed by atoms with E-state index in [0.717, 1.165) is 56.6 Å².